The molecule has 0 atom stereocenters. The van der Waals surface area contributed by atoms with Crippen LogP contribution in [-0.2, 0) is 6.42 Å². The highest BCUT2D eigenvalue weighted by Gasteiger charge is 2.03. The molecule has 0 fully saturated rings. The van der Waals surface area contributed by atoms with Crippen molar-refractivity contribution in [1.82, 2.24) is 5.32 Å². The van der Waals surface area contributed by atoms with Crippen molar-refractivity contribution in [3.8, 4) is 0 Å². The summed E-state index contributed by atoms with van der Waals surface area (Å²) in [5.74, 6) is 0.494. The van der Waals surface area contributed by atoms with Gasteiger partial charge in [0.2, 0.25) is 0 Å². The number of hydrogen-bond acceptors (Lipinski definition) is 1. The first-order valence-corrected chi connectivity index (χ1v) is 8.23. The maximum Gasteiger partial charge on any atom is 0.319 e. The summed E-state index contributed by atoms with van der Waals surface area (Å²) < 4.78 is 1.06. The van der Waals surface area contributed by atoms with Crippen LogP contribution in [0.4, 0.5) is 10.5 Å². The standard InChI is InChI=1S/C18H21BrN2O/c1-13(2)15-5-9-17(10-6-15)21-18(22)20-12-11-14-3-7-16(19)8-4-14/h3-10,13H,11-12H2,1-2H3,(H2,20,21,22). The Bertz CT molecular complexity index is 606. The molecule has 0 aliphatic heterocycles. The van der Waals surface area contributed by atoms with Crippen molar-refractivity contribution in [3.63, 3.8) is 0 Å². The third-order valence-corrected chi connectivity index (χ3v) is 3.98. The van der Waals surface area contributed by atoms with Gasteiger partial charge in [-0.15, -0.1) is 0 Å². The zero-order valence-electron chi connectivity index (χ0n) is 12.9. The lowest BCUT2D eigenvalue weighted by molar-refractivity contribution is 0.252. The third-order valence-electron chi connectivity index (χ3n) is 3.45. The summed E-state index contributed by atoms with van der Waals surface area (Å²) in [7, 11) is 0. The van der Waals surface area contributed by atoms with Crippen LogP contribution < -0.4 is 10.6 Å². The number of rotatable bonds is 5. The van der Waals surface area contributed by atoms with Crippen molar-refractivity contribution in [2.24, 2.45) is 0 Å². The van der Waals surface area contributed by atoms with Gasteiger partial charge in [0.25, 0.3) is 0 Å². The number of urea groups is 1. The zero-order valence-corrected chi connectivity index (χ0v) is 14.5. The van der Waals surface area contributed by atoms with E-state index in [1.54, 1.807) is 0 Å². The molecule has 0 radical (unpaired) electrons. The molecular weight excluding hydrogens is 340 g/mol. The number of anilines is 1. The fraction of sp³-hybridized carbons (Fsp3) is 0.278. The van der Waals surface area contributed by atoms with Crippen LogP contribution in [0.15, 0.2) is 53.0 Å². The van der Waals surface area contributed by atoms with Gasteiger partial charge < -0.3 is 10.6 Å². The van der Waals surface area contributed by atoms with Crippen LogP contribution in [0.3, 0.4) is 0 Å². The summed E-state index contributed by atoms with van der Waals surface area (Å²) in [6, 6.07) is 15.9. The molecule has 22 heavy (non-hydrogen) atoms. The molecule has 0 aromatic heterocycles. The van der Waals surface area contributed by atoms with E-state index in [2.05, 4.69) is 40.4 Å². The van der Waals surface area contributed by atoms with Crippen LogP contribution in [0.2, 0.25) is 0 Å². The van der Waals surface area contributed by atoms with Crippen molar-refractivity contribution in [1.29, 1.82) is 0 Å². The molecule has 2 rings (SSSR count). The fourth-order valence-corrected chi connectivity index (χ4v) is 2.36. The summed E-state index contributed by atoms with van der Waals surface area (Å²) in [4.78, 5) is 11.8. The lowest BCUT2D eigenvalue weighted by Crippen LogP contribution is -2.30. The second-order valence-electron chi connectivity index (χ2n) is 5.53. The Morgan fingerprint density at radius 2 is 1.68 bits per heavy atom. The van der Waals surface area contributed by atoms with E-state index < -0.39 is 0 Å². The number of benzene rings is 2. The molecule has 0 bridgehead atoms. The monoisotopic (exact) mass is 360 g/mol. The molecule has 2 N–H and O–H groups in total. The van der Waals surface area contributed by atoms with Gasteiger partial charge in [0.05, 0.1) is 0 Å². The van der Waals surface area contributed by atoms with E-state index >= 15 is 0 Å². The first kappa shape index (κ1) is 16.6. The molecule has 0 saturated carbocycles. The minimum absolute atomic E-state index is 0.172. The number of carbonyl (C=O) groups is 1. The van der Waals surface area contributed by atoms with Crippen molar-refractivity contribution < 1.29 is 4.79 Å². The fourth-order valence-electron chi connectivity index (χ4n) is 2.10. The van der Waals surface area contributed by atoms with Gasteiger partial charge in [-0.05, 0) is 47.7 Å². The Labute approximate surface area is 140 Å². The second kappa shape index (κ2) is 7.99. The van der Waals surface area contributed by atoms with E-state index in [0.29, 0.717) is 12.5 Å². The highest BCUT2D eigenvalue weighted by Crippen LogP contribution is 2.17. The molecule has 2 aromatic rings. The Balaban J connectivity index is 1.76. The van der Waals surface area contributed by atoms with Gasteiger partial charge in [0, 0.05) is 16.7 Å². The summed E-state index contributed by atoms with van der Waals surface area (Å²) in [5, 5.41) is 5.72. The van der Waals surface area contributed by atoms with Crippen molar-refractivity contribution in [3.05, 3.63) is 64.1 Å². The molecular formula is C18H21BrN2O. The second-order valence-corrected chi connectivity index (χ2v) is 6.45. The summed E-state index contributed by atoms with van der Waals surface area (Å²) in [6.45, 7) is 4.91. The van der Waals surface area contributed by atoms with Gasteiger partial charge in [-0.2, -0.15) is 0 Å². The largest absolute Gasteiger partial charge is 0.338 e. The Kier molecular flexibility index (Phi) is 6.01. The number of nitrogens with one attached hydrogen (secondary N) is 2. The van der Waals surface area contributed by atoms with Gasteiger partial charge in [0.1, 0.15) is 0 Å². The van der Waals surface area contributed by atoms with Crippen molar-refractivity contribution in [2.45, 2.75) is 26.2 Å². The summed E-state index contributed by atoms with van der Waals surface area (Å²) in [6.07, 6.45) is 0.812. The van der Waals surface area contributed by atoms with E-state index in [4.69, 9.17) is 0 Å². The third kappa shape index (κ3) is 5.19. The van der Waals surface area contributed by atoms with Crippen LogP contribution in [0.1, 0.15) is 30.9 Å². The molecule has 0 unspecified atom stereocenters. The SMILES string of the molecule is CC(C)c1ccc(NC(=O)NCCc2ccc(Br)cc2)cc1. The van der Waals surface area contributed by atoms with Crippen LogP contribution in [-0.4, -0.2) is 12.6 Å². The molecule has 0 aliphatic carbocycles. The predicted octanol–water partition coefficient (Wildman–Crippen LogP) is 4.94. The maximum atomic E-state index is 11.8. The topological polar surface area (TPSA) is 41.1 Å². The molecule has 2 aromatic carbocycles. The van der Waals surface area contributed by atoms with Crippen molar-refractivity contribution >= 4 is 27.6 Å². The lowest BCUT2D eigenvalue weighted by atomic mass is 10.0. The Morgan fingerprint density at radius 1 is 1.05 bits per heavy atom. The maximum absolute atomic E-state index is 11.8. The lowest BCUT2D eigenvalue weighted by Gasteiger charge is -2.09. The molecule has 4 heteroatoms. The predicted molar refractivity (Wildman–Crippen MR) is 95.4 cm³/mol. The van der Waals surface area contributed by atoms with E-state index in [9.17, 15) is 4.79 Å². The van der Waals surface area contributed by atoms with Gasteiger partial charge in [0.15, 0.2) is 0 Å². The highest BCUT2D eigenvalue weighted by molar-refractivity contribution is 9.10. The minimum Gasteiger partial charge on any atom is -0.338 e. The molecule has 2 amide bonds. The van der Waals surface area contributed by atoms with Crippen LogP contribution in [0.25, 0.3) is 0 Å². The van der Waals surface area contributed by atoms with Crippen LogP contribution in [0, 0.1) is 0 Å². The molecule has 0 spiro atoms. The molecule has 0 saturated heterocycles. The van der Waals surface area contributed by atoms with Crippen LogP contribution >= 0.6 is 15.9 Å². The Hall–Kier alpha value is -1.81. The summed E-state index contributed by atoms with van der Waals surface area (Å²) >= 11 is 3.41. The first-order chi connectivity index (χ1) is 10.5. The molecule has 0 heterocycles. The molecule has 0 aliphatic rings. The zero-order chi connectivity index (χ0) is 15.9. The van der Waals surface area contributed by atoms with Gasteiger partial charge in [-0.25, -0.2) is 4.79 Å². The van der Waals surface area contributed by atoms with E-state index in [0.717, 1.165) is 16.6 Å². The number of amides is 2. The molecule has 116 valence electrons. The van der Waals surface area contributed by atoms with E-state index in [1.807, 2.05) is 48.5 Å². The average Bonchev–Trinajstić information content (AvgIpc) is 2.50. The van der Waals surface area contributed by atoms with Gasteiger partial charge in [-0.3, -0.25) is 0 Å². The number of halogens is 1. The van der Waals surface area contributed by atoms with Gasteiger partial charge >= 0.3 is 6.03 Å². The minimum atomic E-state index is -0.172. The average molecular weight is 361 g/mol. The number of carbonyl (C=O) groups excluding carboxylic acids is 1. The first-order valence-electron chi connectivity index (χ1n) is 7.44. The van der Waals surface area contributed by atoms with Gasteiger partial charge in [-0.1, -0.05) is 54.0 Å². The summed E-state index contributed by atoms with van der Waals surface area (Å²) in [5.41, 5.74) is 3.27. The quantitative estimate of drug-likeness (QED) is 0.778. The van der Waals surface area contributed by atoms with E-state index in [-0.39, 0.29) is 6.03 Å². The highest BCUT2D eigenvalue weighted by atomic mass is 79.9. The van der Waals surface area contributed by atoms with Crippen LogP contribution in [0.5, 0.6) is 0 Å². The molecule has 3 nitrogen and oxygen atoms in total. The van der Waals surface area contributed by atoms with E-state index in [1.165, 1.54) is 11.1 Å². The number of hydrogen-bond donors (Lipinski definition) is 2. The Morgan fingerprint density at radius 3 is 2.27 bits per heavy atom. The van der Waals surface area contributed by atoms with Crippen molar-refractivity contribution in [2.75, 3.05) is 11.9 Å². The smallest absolute Gasteiger partial charge is 0.319 e. The normalized spacial score (nSPS) is 10.5.